The summed E-state index contributed by atoms with van der Waals surface area (Å²) in [7, 11) is 0. The van der Waals surface area contributed by atoms with Gasteiger partial charge in [-0.2, -0.15) is 0 Å². The topological polar surface area (TPSA) is 52.6 Å². The summed E-state index contributed by atoms with van der Waals surface area (Å²) in [5.74, 6) is 0.0328. The molecule has 0 unspecified atom stereocenters. The second-order valence-corrected chi connectivity index (χ2v) is 11.8. The number of hydrogen-bond acceptors (Lipinski definition) is 4. The summed E-state index contributed by atoms with van der Waals surface area (Å²) in [6.45, 7) is 7.73. The van der Waals surface area contributed by atoms with Gasteiger partial charge in [0.1, 0.15) is 0 Å². The maximum atomic E-state index is 12.8. The SMILES string of the molecule is CCCCCCCCCCCC(=O)OCCCCCOC(=O)C(CCCCCCCC)CCCCCCCC. The third kappa shape index (κ3) is 28.3. The van der Waals surface area contributed by atoms with Crippen molar-refractivity contribution in [3.8, 4) is 0 Å². The van der Waals surface area contributed by atoms with Gasteiger partial charge in [0.05, 0.1) is 19.1 Å². The minimum atomic E-state index is -0.0587. The lowest BCUT2D eigenvalue weighted by Crippen LogP contribution is -2.19. The van der Waals surface area contributed by atoms with E-state index in [4.69, 9.17) is 9.47 Å². The maximum absolute atomic E-state index is 12.8. The van der Waals surface area contributed by atoms with E-state index in [9.17, 15) is 9.59 Å². The van der Waals surface area contributed by atoms with Crippen molar-refractivity contribution in [2.75, 3.05) is 13.2 Å². The lowest BCUT2D eigenvalue weighted by Gasteiger charge is -2.16. The molecule has 0 amide bonds. The average Bonchev–Trinajstić information content (AvgIpc) is 2.94. The molecule has 0 aliphatic heterocycles. The number of unbranched alkanes of at least 4 members (excludes halogenated alkanes) is 20. The van der Waals surface area contributed by atoms with Crippen molar-refractivity contribution in [3.63, 3.8) is 0 Å². The molecule has 39 heavy (non-hydrogen) atoms. The summed E-state index contributed by atoms with van der Waals surface area (Å²) < 4.78 is 11.1. The van der Waals surface area contributed by atoms with Crippen LogP contribution < -0.4 is 0 Å². The van der Waals surface area contributed by atoms with Crippen molar-refractivity contribution in [3.05, 3.63) is 0 Å². The molecule has 0 aromatic carbocycles. The highest BCUT2D eigenvalue weighted by Crippen LogP contribution is 2.21. The number of esters is 2. The zero-order valence-corrected chi connectivity index (χ0v) is 26.7. The molecule has 0 radical (unpaired) electrons. The summed E-state index contributed by atoms with van der Waals surface area (Å²) in [5, 5.41) is 0. The van der Waals surface area contributed by atoms with E-state index >= 15 is 0 Å². The molecule has 0 heterocycles. The smallest absolute Gasteiger partial charge is 0.308 e. The van der Waals surface area contributed by atoms with Crippen LogP contribution in [0.5, 0.6) is 0 Å². The van der Waals surface area contributed by atoms with Gasteiger partial charge in [-0.15, -0.1) is 0 Å². The summed E-state index contributed by atoms with van der Waals surface area (Å²) in [6, 6.07) is 0. The standard InChI is InChI=1S/C35H68O4/c1-4-7-10-13-16-17-18-21-25-30-34(36)38-31-26-22-27-32-39-35(37)33(28-23-19-14-11-8-5-2)29-24-20-15-12-9-6-3/h33H,4-32H2,1-3H3. The molecule has 0 aromatic heterocycles. The van der Waals surface area contributed by atoms with Gasteiger partial charge >= 0.3 is 11.9 Å². The molecule has 0 fully saturated rings. The second kappa shape index (κ2) is 31.5. The van der Waals surface area contributed by atoms with Crippen LogP contribution in [0.15, 0.2) is 0 Å². The highest BCUT2D eigenvalue weighted by molar-refractivity contribution is 5.72. The molecule has 4 heteroatoms. The van der Waals surface area contributed by atoms with Crippen molar-refractivity contribution in [2.24, 2.45) is 5.92 Å². The van der Waals surface area contributed by atoms with E-state index in [1.165, 1.54) is 109 Å². The number of hydrogen-bond donors (Lipinski definition) is 0. The van der Waals surface area contributed by atoms with E-state index in [1.807, 2.05) is 0 Å². The monoisotopic (exact) mass is 553 g/mol. The second-order valence-electron chi connectivity index (χ2n) is 11.8. The predicted molar refractivity (Wildman–Crippen MR) is 167 cm³/mol. The van der Waals surface area contributed by atoms with Crippen molar-refractivity contribution < 1.29 is 19.1 Å². The molecule has 4 nitrogen and oxygen atoms in total. The fraction of sp³-hybridized carbons (Fsp3) is 0.943. The van der Waals surface area contributed by atoms with Crippen LogP contribution in [0, 0.1) is 5.92 Å². The van der Waals surface area contributed by atoms with Crippen LogP contribution in [0.1, 0.15) is 194 Å². The lowest BCUT2D eigenvalue weighted by atomic mass is 9.94. The third-order valence-corrected chi connectivity index (χ3v) is 7.93. The zero-order valence-electron chi connectivity index (χ0n) is 26.7. The third-order valence-electron chi connectivity index (χ3n) is 7.93. The van der Waals surface area contributed by atoms with E-state index < -0.39 is 0 Å². The Kier molecular flexibility index (Phi) is 30.6. The normalized spacial score (nSPS) is 11.3. The quantitative estimate of drug-likeness (QED) is 0.0634. The van der Waals surface area contributed by atoms with Crippen LogP contribution in [0.2, 0.25) is 0 Å². The molecule has 0 N–H and O–H groups in total. The van der Waals surface area contributed by atoms with Gasteiger partial charge in [0.25, 0.3) is 0 Å². The first-order valence-electron chi connectivity index (χ1n) is 17.5. The van der Waals surface area contributed by atoms with Crippen LogP contribution in [-0.2, 0) is 19.1 Å². The van der Waals surface area contributed by atoms with Gasteiger partial charge in [0.2, 0.25) is 0 Å². The first-order chi connectivity index (χ1) is 19.2. The molecule has 0 aliphatic carbocycles. The maximum Gasteiger partial charge on any atom is 0.308 e. The summed E-state index contributed by atoms with van der Waals surface area (Å²) in [4.78, 5) is 24.7. The first kappa shape index (κ1) is 37.9. The number of carbonyl (C=O) groups excluding carboxylic acids is 2. The van der Waals surface area contributed by atoms with Gasteiger partial charge in [-0.1, -0.05) is 149 Å². The first-order valence-corrected chi connectivity index (χ1v) is 17.5. The number of carbonyl (C=O) groups is 2. The Bertz CT molecular complexity index is 503. The Morgan fingerprint density at radius 2 is 0.795 bits per heavy atom. The van der Waals surface area contributed by atoms with Crippen LogP contribution in [0.25, 0.3) is 0 Å². The van der Waals surface area contributed by atoms with Crippen LogP contribution >= 0.6 is 0 Å². The van der Waals surface area contributed by atoms with E-state index in [0.29, 0.717) is 19.6 Å². The Morgan fingerprint density at radius 1 is 0.436 bits per heavy atom. The van der Waals surface area contributed by atoms with Gasteiger partial charge in [-0.05, 0) is 38.5 Å². The predicted octanol–water partition coefficient (Wildman–Crippen LogP) is 11.3. The molecule has 0 aromatic rings. The van der Waals surface area contributed by atoms with Crippen molar-refractivity contribution >= 4 is 11.9 Å². The van der Waals surface area contributed by atoms with Crippen LogP contribution in [-0.4, -0.2) is 25.2 Å². The Balaban J connectivity index is 3.87. The Hall–Kier alpha value is -1.06. The molecule has 0 saturated heterocycles. The zero-order chi connectivity index (χ0) is 28.7. The number of ether oxygens (including phenoxy) is 2. The molecule has 0 bridgehead atoms. The van der Waals surface area contributed by atoms with Crippen LogP contribution in [0.3, 0.4) is 0 Å². The van der Waals surface area contributed by atoms with Crippen molar-refractivity contribution in [2.45, 2.75) is 194 Å². The van der Waals surface area contributed by atoms with Crippen molar-refractivity contribution in [1.82, 2.24) is 0 Å². The van der Waals surface area contributed by atoms with Crippen molar-refractivity contribution in [1.29, 1.82) is 0 Å². The molecule has 0 aliphatic rings. The van der Waals surface area contributed by atoms with E-state index in [-0.39, 0.29) is 17.9 Å². The molecule has 0 rings (SSSR count). The lowest BCUT2D eigenvalue weighted by molar-refractivity contribution is -0.149. The fourth-order valence-electron chi connectivity index (χ4n) is 5.23. The molecule has 232 valence electrons. The highest BCUT2D eigenvalue weighted by atomic mass is 16.5. The largest absolute Gasteiger partial charge is 0.466 e. The summed E-state index contributed by atoms with van der Waals surface area (Å²) in [6.07, 6.45) is 31.6. The van der Waals surface area contributed by atoms with Gasteiger partial charge in [0, 0.05) is 6.42 Å². The van der Waals surface area contributed by atoms with Gasteiger partial charge < -0.3 is 9.47 Å². The molecular weight excluding hydrogens is 484 g/mol. The van der Waals surface area contributed by atoms with E-state index in [1.54, 1.807) is 0 Å². The fourth-order valence-corrected chi connectivity index (χ4v) is 5.23. The minimum Gasteiger partial charge on any atom is -0.466 e. The van der Waals surface area contributed by atoms with E-state index in [2.05, 4.69) is 20.8 Å². The van der Waals surface area contributed by atoms with Crippen LogP contribution in [0.4, 0.5) is 0 Å². The van der Waals surface area contributed by atoms with Gasteiger partial charge in [-0.3, -0.25) is 9.59 Å². The van der Waals surface area contributed by atoms with E-state index in [0.717, 1.165) is 57.8 Å². The molecule has 0 atom stereocenters. The average molecular weight is 553 g/mol. The summed E-state index contributed by atoms with van der Waals surface area (Å²) in [5.41, 5.74) is 0. The van der Waals surface area contributed by atoms with Gasteiger partial charge in [-0.25, -0.2) is 0 Å². The Labute approximate surface area is 244 Å². The minimum absolute atomic E-state index is 0.0181. The molecular formula is C35H68O4. The highest BCUT2D eigenvalue weighted by Gasteiger charge is 2.19. The molecule has 0 spiro atoms. The summed E-state index contributed by atoms with van der Waals surface area (Å²) >= 11 is 0. The Morgan fingerprint density at radius 3 is 1.26 bits per heavy atom. The molecule has 0 saturated carbocycles. The van der Waals surface area contributed by atoms with Gasteiger partial charge in [0.15, 0.2) is 0 Å². The number of rotatable bonds is 31.